The molecular formula is C15H12ClFO4. The van der Waals surface area contributed by atoms with Crippen LogP contribution >= 0.6 is 11.6 Å². The lowest BCUT2D eigenvalue weighted by molar-refractivity contribution is 0.0696. The molecule has 0 heterocycles. The van der Waals surface area contributed by atoms with Gasteiger partial charge in [-0.2, -0.15) is 0 Å². The maximum atomic E-state index is 13.2. The lowest BCUT2D eigenvalue weighted by Gasteiger charge is -2.12. The maximum absolute atomic E-state index is 13.2. The van der Waals surface area contributed by atoms with Crippen molar-refractivity contribution in [1.82, 2.24) is 0 Å². The van der Waals surface area contributed by atoms with E-state index in [0.29, 0.717) is 16.3 Å². The summed E-state index contributed by atoms with van der Waals surface area (Å²) in [5, 5.41) is 9.30. The van der Waals surface area contributed by atoms with Gasteiger partial charge in [-0.25, -0.2) is 9.18 Å². The van der Waals surface area contributed by atoms with Gasteiger partial charge in [0.1, 0.15) is 12.4 Å². The average molecular weight is 311 g/mol. The highest BCUT2D eigenvalue weighted by Gasteiger charge is 2.11. The van der Waals surface area contributed by atoms with E-state index < -0.39 is 11.8 Å². The van der Waals surface area contributed by atoms with E-state index in [2.05, 4.69) is 0 Å². The first-order chi connectivity index (χ1) is 10.0. The minimum absolute atomic E-state index is 0.0410. The SMILES string of the molecule is COc1cc(C(=O)O)ccc1OCc1cc(F)ccc1Cl. The molecule has 2 aromatic carbocycles. The Labute approximate surface area is 125 Å². The molecule has 0 fully saturated rings. The third-order valence-corrected chi connectivity index (χ3v) is 3.17. The molecule has 0 spiro atoms. The number of rotatable bonds is 5. The first-order valence-corrected chi connectivity index (χ1v) is 6.37. The highest BCUT2D eigenvalue weighted by atomic mass is 35.5. The van der Waals surface area contributed by atoms with E-state index in [0.717, 1.165) is 0 Å². The van der Waals surface area contributed by atoms with Gasteiger partial charge in [-0.05, 0) is 36.4 Å². The van der Waals surface area contributed by atoms with Crippen molar-refractivity contribution >= 4 is 17.6 Å². The third kappa shape index (κ3) is 3.64. The number of carbonyl (C=O) groups is 1. The van der Waals surface area contributed by atoms with E-state index in [4.69, 9.17) is 26.2 Å². The Morgan fingerprint density at radius 2 is 2.00 bits per heavy atom. The van der Waals surface area contributed by atoms with Crippen molar-refractivity contribution in [3.63, 3.8) is 0 Å². The molecule has 0 radical (unpaired) electrons. The van der Waals surface area contributed by atoms with Gasteiger partial charge in [0, 0.05) is 10.6 Å². The van der Waals surface area contributed by atoms with Gasteiger partial charge < -0.3 is 14.6 Å². The molecule has 1 N–H and O–H groups in total. The standard InChI is InChI=1S/C15H12ClFO4/c1-20-14-7-9(15(18)19)2-5-13(14)21-8-10-6-11(17)3-4-12(10)16/h2-7H,8H2,1H3,(H,18,19). The first kappa shape index (κ1) is 15.1. The second kappa shape index (κ2) is 6.45. The number of carboxylic acids is 1. The highest BCUT2D eigenvalue weighted by Crippen LogP contribution is 2.29. The van der Waals surface area contributed by atoms with E-state index in [1.54, 1.807) is 0 Å². The van der Waals surface area contributed by atoms with Crippen LogP contribution in [0.25, 0.3) is 0 Å². The van der Waals surface area contributed by atoms with Crippen molar-refractivity contribution in [3.8, 4) is 11.5 Å². The fraction of sp³-hybridized carbons (Fsp3) is 0.133. The van der Waals surface area contributed by atoms with Crippen LogP contribution < -0.4 is 9.47 Å². The number of methoxy groups -OCH3 is 1. The fourth-order valence-electron chi connectivity index (χ4n) is 1.73. The van der Waals surface area contributed by atoms with Gasteiger partial charge in [-0.3, -0.25) is 0 Å². The van der Waals surface area contributed by atoms with Crippen LogP contribution in [0, 0.1) is 5.82 Å². The Morgan fingerprint density at radius 1 is 1.24 bits per heavy atom. The van der Waals surface area contributed by atoms with E-state index in [-0.39, 0.29) is 17.9 Å². The van der Waals surface area contributed by atoms with Crippen LogP contribution in [0.15, 0.2) is 36.4 Å². The molecule has 2 rings (SSSR count). The van der Waals surface area contributed by atoms with Gasteiger partial charge in [0.25, 0.3) is 0 Å². The van der Waals surface area contributed by atoms with E-state index in [1.165, 1.54) is 43.5 Å². The van der Waals surface area contributed by atoms with Crippen LogP contribution in [0.2, 0.25) is 5.02 Å². The molecule has 0 bridgehead atoms. The van der Waals surface area contributed by atoms with Gasteiger partial charge in [-0.15, -0.1) is 0 Å². The lowest BCUT2D eigenvalue weighted by atomic mass is 10.2. The number of hydrogen-bond acceptors (Lipinski definition) is 3. The Hall–Kier alpha value is -2.27. The Balaban J connectivity index is 2.19. The van der Waals surface area contributed by atoms with Crippen LogP contribution in [0.4, 0.5) is 4.39 Å². The molecule has 0 saturated heterocycles. The minimum atomic E-state index is -1.06. The third-order valence-electron chi connectivity index (χ3n) is 2.80. The van der Waals surface area contributed by atoms with Crippen LogP contribution in [-0.4, -0.2) is 18.2 Å². The molecule has 0 atom stereocenters. The van der Waals surface area contributed by atoms with Crippen LogP contribution in [0.5, 0.6) is 11.5 Å². The minimum Gasteiger partial charge on any atom is -0.493 e. The zero-order valence-corrected chi connectivity index (χ0v) is 11.9. The number of aromatic carboxylic acids is 1. The largest absolute Gasteiger partial charge is 0.493 e. The topological polar surface area (TPSA) is 55.8 Å². The molecule has 0 aliphatic rings. The number of halogens is 2. The summed E-state index contributed by atoms with van der Waals surface area (Å²) in [7, 11) is 1.41. The maximum Gasteiger partial charge on any atom is 0.335 e. The molecular weight excluding hydrogens is 299 g/mol. The van der Waals surface area contributed by atoms with Crippen molar-refractivity contribution in [2.24, 2.45) is 0 Å². The Bertz CT molecular complexity index is 673. The quantitative estimate of drug-likeness (QED) is 0.913. The normalized spacial score (nSPS) is 10.2. The molecule has 0 unspecified atom stereocenters. The molecule has 0 amide bonds. The molecule has 110 valence electrons. The summed E-state index contributed by atoms with van der Waals surface area (Å²) in [5.41, 5.74) is 0.573. The summed E-state index contributed by atoms with van der Waals surface area (Å²) in [5.74, 6) is -0.843. The van der Waals surface area contributed by atoms with Crippen molar-refractivity contribution in [3.05, 3.63) is 58.4 Å². The van der Waals surface area contributed by atoms with Crippen LogP contribution in [-0.2, 0) is 6.61 Å². The summed E-state index contributed by atoms with van der Waals surface area (Å²) in [6.07, 6.45) is 0. The van der Waals surface area contributed by atoms with E-state index >= 15 is 0 Å². The molecule has 0 aromatic heterocycles. The van der Waals surface area contributed by atoms with Crippen molar-refractivity contribution in [2.45, 2.75) is 6.61 Å². The Morgan fingerprint density at radius 3 is 2.67 bits per heavy atom. The Kier molecular flexibility index (Phi) is 4.65. The first-order valence-electron chi connectivity index (χ1n) is 5.99. The number of carboxylic acid groups (broad SMARTS) is 1. The van der Waals surface area contributed by atoms with Gasteiger partial charge >= 0.3 is 5.97 Å². The molecule has 2 aromatic rings. The van der Waals surface area contributed by atoms with Crippen LogP contribution in [0.1, 0.15) is 15.9 Å². The van der Waals surface area contributed by atoms with Crippen molar-refractivity contribution in [1.29, 1.82) is 0 Å². The summed E-state index contributed by atoms with van der Waals surface area (Å²) in [6.45, 7) is 0.0410. The van der Waals surface area contributed by atoms with Crippen molar-refractivity contribution in [2.75, 3.05) is 7.11 Å². The van der Waals surface area contributed by atoms with Gasteiger partial charge in [-0.1, -0.05) is 11.6 Å². The number of ether oxygens (including phenoxy) is 2. The number of hydrogen-bond donors (Lipinski definition) is 1. The highest BCUT2D eigenvalue weighted by molar-refractivity contribution is 6.31. The average Bonchev–Trinajstić information content (AvgIpc) is 2.47. The second-order valence-corrected chi connectivity index (χ2v) is 4.60. The van der Waals surface area contributed by atoms with E-state index in [9.17, 15) is 9.18 Å². The molecule has 0 aliphatic heterocycles. The van der Waals surface area contributed by atoms with Gasteiger partial charge in [0.15, 0.2) is 11.5 Å². The van der Waals surface area contributed by atoms with Gasteiger partial charge in [0.05, 0.1) is 12.7 Å². The zero-order chi connectivity index (χ0) is 15.4. The monoisotopic (exact) mass is 310 g/mol. The molecule has 4 nitrogen and oxygen atoms in total. The predicted octanol–water partition coefficient (Wildman–Crippen LogP) is 3.76. The zero-order valence-electron chi connectivity index (χ0n) is 11.1. The number of benzene rings is 2. The summed E-state index contributed by atoms with van der Waals surface area (Å²) < 4.78 is 23.8. The molecule has 0 saturated carbocycles. The van der Waals surface area contributed by atoms with Gasteiger partial charge in [0.2, 0.25) is 0 Å². The summed E-state index contributed by atoms with van der Waals surface area (Å²) in [4.78, 5) is 10.9. The summed E-state index contributed by atoms with van der Waals surface area (Å²) in [6, 6.07) is 8.21. The molecule has 0 aliphatic carbocycles. The smallest absolute Gasteiger partial charge is 0.335 e. The summed E-state index contributed by atoms with van der Waals surface area (Å²) >= 11 is 5.95. The lowest BCUT2D eigenvalue weighted by Crippen LogP contribution is -2.01. The predicted molar refractivity (Wildman–Crippen MR) is 75.7 cm³/mol. The van der Waals surface area contributed by atoms with Crippen molar-refractivity contribution < 1.29 is 23.8 Å². The second-order valence-electron chi connectivity index (χ2n) is 4.20. The van der Waals surface area contributed by atoms with E-state index in [1.807, 2.05) is 0 Å². The fourth-order valence-corrected chi connectivity index (χ4v) is 1.90. The molecule has 6 heteroatoms. The molecule has 21 heavy (non-hydrogen) atoms. The van der Waals surface area contributed by atoms with Crippen LogP contribution in [0.3, 0.4) is 0 Å².